The molecule has 188 valence electrons. The van der Waals surface area contributed by atoms with E-state index in [1.54, 1.807) is 29.8 Å². The van der Waals surface area contributed by atoms with Gasteiger partial charge in [0.15, 0.2) is 5.01 Å². The fourth-order valence-electron chi connectivity index (χ4n) is 4.77. The summed E-state index contributed by atoms with van der Waals surface area (Å²) in [5.74, 6) is 0.0485. The summed E-state index contributed by atoms with van der Waals surface area (Å²) in [6, 6.07) is 15.0. The average molecular weight is 526 g/mol. The van der Waals surface area contributed by atoms with Crippen LogP contribution in [-0.2, 0) is 14.8 Å². The number of aromatic nitrogens is 1. The van der Waals surface area contributed by atoms with Crippen molar-refractivity contribution in [1.82, 2.24) is 14.8 Å². The molecule has 11 heteroatoms. The highest BCUT2D eigenvalue weighted by atomic mass is 32.2. The van der Waals surface area contributed by atoms with Crippen LogP contribution >= 0.6 is 11.3 Å². The van der Waals surface area contributed by atoms with Gasteiger partial charge in [-0.05, 0) is 35.4 Å². The third kappa shape index (κ3) is 5.43. The van der Waals surface area contributed by atoms with Gasteiger partial charge in [-0.1, -0.05) is 24.3 Å². The number of anilines is 2. The minimum Gasteiger partial charge on any atom is -0.334 e. The first kappa shape index (κ1) is 24.4. The predicted octanol–water partition coefficient (Wildman–Crippen LogP) is 2.74. The quantitative estimate of drug-likeness (QED) is 0.531. The second-order valence-corrected chi connectivity index (χ2v) is 11.7. The third-order valence-corrected chi connectivity index (χ3v) is 7.86. The van der Waals surface area contributed by atoms with Crippen molar-refractivity contribution in [3.8, 4) is 11.1 Å². The Labute approximate surface area is 214 Å². The number of nitrogens with zero attached hydrogens (tertiary/aromatic N) is 4. The molecular formula is C25H27N5O4S2. The summed E-state index contributed by atoms with van der Waals surface area (Å²) in [5, 5.41) is 2.32. The van der Waals surface area contributed by atoms with Crippen molar-refractivity contribution in [2.45, 2.75) is 12.5 Å². The number of benzene rings is 2. The number of carbonyl (C=O) groups is 2. The van der Waals surface area contributed by atoms with Gasteiger partial charge >= 0.3 is 0 Å². The smallest absolute Gasteiger partial charge is 0.282 e. The average Bonchev–Trinajstić information content (AvgIpc) is 3.53. The van der Waals surface area contributed by atoms with Crippen LogP contribution in [0.3, 0.4) is 0 Å². The van der Waals surface area contributed by atoms with Gasteiger partial charge in [0, 0.05) is 68.1 Å². The molecule has 2 aliphatic heterocycles. The number of hydrogen-bond acceptors (Lipinski definition) is 7. The van der Waals surface area contributed by atoms with Crippen LogP contribution in [0, 0.1) is 0 Å². The lowest BCUT2D eigenvalue weighted by Crippen LogP contribution is -2.52. The van der Waals surface area contributed by atoms with E-state index < -0.39 is 10.0 Å². The van der Waals surface area contributed by atoms with E-state index in [4.69, 9.17) is 0 Å². The van der Waals surface area contributed by atoms with Gasteiger partial charge in [0.2, 0.25) is 15.9 Å². The van der Waals surface area contributed by atoms with Gasteiger partial charge in [0.05, 0.1) is 6.26 Å². The maximum Gasteiger partial charge on any atom is 0.282 e. The SMILES string of the molecule is CS(=O)(=O)Nc1cccc(-c2cccc(N3CC(N4CCN(C(=O)c5nccs5)CC4)CC3=O)c2)c1. The van der Waals surface area contributed by atoms with Crippen molar-refractivity contribution in [1.29, 1.82) is 0 Å². The van der Waals surface area contributed by atoms with Gasteiger partial charge in [-0.25, -0.2) is 13.4 Å². The van der Waals surface area contributed by atoms with Crippen LogP contribution in [0.1, 0.15) is 16.2 Å². The number of rotatable bonds is 6. The maximum atomic E-state index is 13.0. The highest BCUT2D eigenvalue weighted by Crippen LogP contribution is 2.30. The number of sulfonamides is 1. The highest BCUT2D eigenvalue weighted by molar-refractivity contribution is 7.92. The minimum atomic E-state index is -3.37. The monoisotopic (exact) mass is 525 g/mol. The molecule has 1 N–H and O–H groups in total. The fourth-order valence-corrected chi connectivity index (χ4v) is 5.92. The lowest BCUT2D eigenvalue weighted by Gasteiger charge is -2.37. The van der Waals surface area contributed by atoms with Crippen LogP contribution in [0.15, 0.2) is 60.1 Å². The summed E-state index contributed by atoms with van der Waals surface area (Å²) in [6.45, 7) is 3.29. The molecule has 1 aromatic heterocycles. The number of hydrogen-bond donors (Lipinski definition) is 1. The summed E-state index contributed by atoms with van der Waals surface area (Å²) >= 11 is 1.35. The van der Waals surface area contributed by atoms with Gasteiger partial charge in [0.25, 0.3) is 5.91 Å². The van der Waals surface area contributed by atoms with Crippen LogP contribution in [-0.4, -0.2) is 80.0 Å². The first-order valence-electron chi connectivity index (χ1n) is 11.7. The van der Waals surface area contributed by atoms with Crippen LogP contribution in [0.4, 0.5) is 11.4 Å². The second-order valence-electron chi connectivity index (χ2n) is 9.03. The molecule has 0 spiro atoms. The minimum absolute atomic E-state index is 0.0265. The molecule has 1 unspecified atom stereocenters. The third-order valence-electron chi connectivity index (χ3n) is 6.49. The van der Waals surface area contributed by atoms with Gasteiger partial charge in [-0.3, -0.25) is 19.2 Å². The zero-order valence-corrected chi connectivity index (χ0v) is 21.5. The Bertz CT molecular complexity index is 1370. The molecule has 36 heavy (non-hydrogen) atoms. The van der Waals surface area contributed by atoms with E-state index >= 15 is 0 Å². The van der Waals surface area contributed by atoms with E-state index in [0.717, 1.165) is 36.2 Å². The first-order valence-corrected chi connectivity index (χ1v) is 14.5. The molecule has 2 aliphatic rings. The molecule has 1 atom stereocenters. The largest absolute Gasteiger partial charge is 0.334 e. The number of carbonyl (C=O) groups excluding carboxylic acids is 2. The molecule has 9 nitrogen and oxygen atoms in total. The zero-order valence-electron chi connectivity index (χ0n) is 19.8. The normalized spacial score (nSPS) is 19.0. The van der Waals surface area contributed by atoms with Gasteiger partial charge in [-0.2, -0.15) is 0 Å². The lowest BCUT2D eigenvalue weighted by molar-refractivity contribution is -0.117. The predicted molar refractivity (Wildman–Crippen MR) is 141 cm³/mol. The number of piperazine rings is 1. The summed E-state index contributed by atoms with van der Waals surface area (Å²) in [4.78, 5) is 35.6. The van der Waals surface area contributed by atoms with Crippen molar-refractivity contribution in [2.24, 2.45) is 0 Å². The molecule has 3 aromatic rings. The molecule has 2 aromatic carbocycles. The van der Waals surface area contributed by atoms with Crippen molar-refractivity contribution >= 4 is 44.5 Å². The van der Waals surface area contributed by atoms with E-state index in [1.165, 1.54) is 11.3 Å². The molecule has 0 bridgehead atoms. The summed E-state index contributed by atoms with van der Waals surface area (Å²) in [7, 11) is -3.37. The van der Waals surface area contributed by atoms with E-state index in [9.17, 15) is 18.0 Å². The summed E-state index contributed by atoms with van der Waals surface area (Å²) in [5.41, 5.74) is 3.06. The van der Waals surface area contributed by atoms with Crippen LogP contribution in [0.25, 0.3) is 11.1 Å². The van der Waals surface area contributed by atoms with E-state index in [0.29, 0.717) is 36.8 Å². The van der Waals surface area contributed by atoms with Crippen molar-refractivity contribution in [2.75, 3.05) is 48.6 Å². The van der Waals surface area contributed by atoms with Crippen LogP contribution in [0.2, 0.25) is 0 Å². The Hall–Kier alpha value is -3.28. The molecule has 2 amide bonds. The van der Waals surface area contributed by atoms with Gasteiger partial charge in [0.1, 0.15) is 0 Å². The topological polar surface area (TPSA) is 103 Å². The Morgan fingerprint density at radius 2 is 1.78 bits per heavy atom. The van der Waals surface area contributed by atoms with Crippen LogP contribution < -0.4 is 9.62 Å². The Balaban J connectivity index is 1.25. The lowest BCUT2D eigenvalue weighted by atomic mass is 10.0. The van der Waals surface area contributed by atoms with Gasteiger partial charge < -0.3 is 9.80 Å². The Morgan fingerprint density at radius 3 is 2.47 bits per heavy atom. The van der Waals surface area contributed by atoms with Gasteiger partial charge in [-0.15, -0.1) is 11.3 Å². The van der Waals surface area contributed by atoms with E-state index in [-0.39, 0.29) is 17.9 Å². The zero-order chi connectivity index (χ0) is 25.3. The van der Waals surface area contributed by atoms with Crippen molar-refractivity contribution in [3.05, 3.63) is 65.1 Å². The Morgan fingerprint density at radius 1 is 1.06 bits per heavy atom. The molecule has 5 rings (SSSR count). The molecule has 3 heterocycles. The number of thiazole rings is 1. The highest BCUT2D eigenvalue weighted by Gasteiger charge is 2.36. The fraction of sp³-hybridized carbons (Fsp3) is 0.320. The maximum absolute atomic E-state index is 13.0. The standard InChI is InChI=1S/C25H27N5O4S2/c1-36(33,34)27-20-6-2-4-18(14-20)19-5-3-7-21(15-19)30-17-22(16-23(30)31)28-9-11-29(12-10-28)25(32)24-26-8-13-35-24/h2-8,13-15,22,27H,9-12,16-17H2,1H3. The van der Waals surface area contributed by atoms with Crippen LogP contribution in [0.5, 0.6) is 0 Å². The molecular weight excluding hydrogens is 498 g/mol. The Kier molecular flexibility index (Phi) is 6.78. The molecule has 0 saturated carbocycles. The molecule has 2 fully saturated rings. The van der Waals surface area contributed by atoms with Crippen molar-refractivity contribution in [3.63, 3.8) is 0 Å². The first-order chi connectivity index (χ1) is 17.3. The molecule has 2 saturated heterocycles. The number of amides is 2. The molecule has 0 aliphatic carbocycles. The number of nitrogens with one attached hydrogen (secondary N) is 1. The summed E-state index contributed by atoms with van der Waals surface area (Å²) in [6.07, 6.45) is 3.21. The van der Waals surface area contributed by atoms with E-state index in [1.807, 2.05) is 40.1 Å². The molecule has 0 radical (unpaired) electrons. The second kappa shape index (κ2) is 10.00. The van der Waals surface area contributed by atoms with E-state index in [2.05, 4.69) is 14.6 Å². The van der Waals surface area contributed by atoms with Crippen molar-refractivity contribution < 1.29 is 18.0 Å². The summed E-state index contributed by atoms with van der Waals surface area (Å²) < 4.78 is 25.7.